The van der Waals surface area contributed by atoms with Crippen molar-refractivity contribution in [3.63, 3.8) is 0 Å². The molecule has 0 aliphatic carbocycles. The minimum absolute atomic E-state index is 0.265. The molecular weight excluding hydrogens is 192 g/mol. The van der Waals surface area contributed by atoms with Gasteiger partial charge in [-0.1, -0.05) is 12.1 Å². The number of aromatic hydroxyl groups is 1. The monoisotopic (exact) mass is 202 g/mol. The summed E-state index contributed by atoms with van der Waals surface area (Å²) in [4.78, 5) is 11.3. The van der Waals surface area contributed by atoms with Crippen molar-refractivity contribution in [2.75, 3.05) is 0 Å². The van der Waals surface area contributed by atoms with Crippen molar-refractivity contribution in [3.05, 3.63) is 46.8 Å². The molecule has 0 aliphatic heterocycles. The summed E-state index contributed by atoms with van der Waals surface area (Å²) in [5.41, 5.74) is 0.634. The summed E-state index contributed by atoms with van der Waals surface area (Å²) in [5, 5.41) is 13.8. The van der Waals surface area contributed by atoms with E-state index in [0.29, 0.717) is 11.3 Å². The minimum Gasteiger partial charge on any atom is -0.504 e. The molecule has 2 aromatic rings. The molecule has 0 saturated carbocycles. The standard InChI is InChI=1S/C11H10N2O2/c1-13-7-6-9(12-13)8-4-2-3-5-10(14)11(8)15/h2-7H,1H3,(H,14,15). The van der Waals surface area contributed by atoms with Crippen LogP contribution in [-0.2, 0) is 7.05 Å². The maximum absolute atomic E-state index is 11.3. The normalized spacial score (nSPS) is 10.2. The molecule has 1 heterocycles. The summed E-state index contributed by atoms with van der Waals surface area (Å²) in [6, 6.07) is 8.02. The van der Waals surface area contributed by atoms with Crippen LogP contribution < -0.4 is 5.43 Å². The number of nitrogens with zero attached hydrogens (tertiary/aromatic N) is 2. The van der Waals surface area contributed by atoms with E-state index < -0.39 is 5.43 Å². The van der Waals surface area contributed by atoms with Gasteiger partial charge in [0.25, 0.3) is 0 Å². The maximum Gasteiger partial charge on any atom is 0.220 e. The molecule has 0 bridgehead atoms. The SMILES string of the molecule is Cn1ccc(-c2ccccc(=O)c2O)n1. The zero-order valence-electron chi connectivity index (χ0n) is 8.21. The van der Waals surface area contributed by atoms with E-state index in [-0.39, 0.29) is 5.75 Å². The fourth-order valence-corrected chi connectivity index (χ4v) is 1.35. The number of rotatable bonds is 1. The quantitative estimate of drug-likeness (QED) is 0.754. The van der Waals surface area contributed by atoms with Gasteiger partial charge in [0.15, 0.2) is 5.75 Å². The Morgan fingerprint density at radius 3 is 2.67 bits per heavy atom. The number of hydrogen-bond acceptors (Lipinski definition) is 3. The Hall–Kier alpha value is -2.10. The van der Waals surface area contributed by atoms with E-state index in [1.165, 1.54) is 6.07 Å². The predicted octanol–water partition coefficient (Wildman–Crippen LogP) is 1.15. The van der Waals surface area contributed by atoms with Crippen molar-refractivity contribution in [2.24, 2.45) is 7.05 Å². The zero-order chi connectivity index (χ0) is 10.8. The molecule has 0 aliphatic rings. The van der Waals surface area contributed by atoms with E-state index in [0.717, 1.165) is 0 Å². The summed E-state index contributed by atoms with van der Waals surface area (Å²) in [6.07, 6.45) is 1.76. The van der Waals surface area contributed by atoms with Crippen LogP contribution in [0.3, 0.4) is 0 Å². The second-order valence-electron chi connectivity index (χ2n) is 3.22. The Balaban J connectivity index is 2.69. The van der Waals surface area contributed by atoms with Crippen molar-refractivity contribution < 1.29 is 5.11 Å². The first kappa shape index (κ1) is 9.45. The van der Waals surface area contributed by atoms with Crippen LogP contribution in [-0.4, -0.2) is 14.9 Å². The van der Waals surface area contributed by atoms with Crippen LogP contribution in [0.5, 0.6) is 5.75 Å². The van der Waals surface area contributed by atoms with Crippen LogP contribution in [0, 0.1) is 0 Å². The van der Waals surface area contributed by atoms with E-state index in [2.05, 4.69) is 5.10 Å². The predicted molar refractivity (Wildman–Crippen MR) is 56.6 cm³/mol. The average molecular weight is 202 g/mol. The summed E-state index contributed by atoms with van der Waals surface area (Å²) in [7, 11) is 1.78. The van der Waals surface area contributed by atoms with Gasteiger partial charge in [0, 0.05) is 18.8 Å². The molecule has 0 spiro atoms. The van der Waals surface area contributed by atoms with Gasteiger partial charge in [0.2, 0.25) is 5.43 Å². The molecule has 0 fully saturated rings. The highest BCUT2D eigenvalue weighted by Gasteiger charge is 2.07. The van der Waals surface area contributed by atoms with Gasteiger partial charge in [0.05, 0.1) is 5.69 Å². The van der Waals surface area contributed by atoms with Gasteiger partial charge in [-0.05, 0) is 18.2 Å². The van der Waals surface area contributed by atoms with E-state index in [1.54, 1.807) is 42.2 Å². The maximum atomic E-state index is 11.3. The molecule has 1 aromatic heterocycles. The molecule has 4 heteroatoms. The van der Waals surface area contributed by atoms with Crippen molar-refractivity contribution in [1.29, 1.82) is 0 Å². The van der Waals surface area contributed by atoms with Gasteiger partial charge in [-0.15, -0.1) is 0 Å². The molecular formula is C11H10N2O2. The van der Waals surface area contributed by atoms with E-state index >= 15 is 0 Å². The van der Waals surface area contributed by atoms with Crippen molar-refractivity contribution in [1.82, 2.24) is 9.78 Å². The Kier molecular flexibility index (Phi) is 2.25. The summed E-state index contributed by atoms with van der Waals surface area (Å²) in [6.45, 7) is 0. The molecule has 15 heavy (non-hydrogen) atoms. The molecule has 0 amide bonds. The lowest BCUT2D eigenvalue weighted by molar-refractivity contribution is 0.472. The van der Waals surface area contributed by atoms with Crippen molar-refractivity contribution in [2.45, 2.75) is 0 Å². The van der Waals surface area contributed by atoms with Crippen LogP contribution >= 0.6 is 0 Å². The van der Waals surface area contributed by atoms with Crippen LogP contribution in [0.4, 0.5) is 0 Å². The van der Waals surface area contributed by atoms with E-state index in [1.807, 2.05) is 0 Å². The summed E-state index contributed by atoms with van der Waals surface area (Å²) >= 11 is 0. The van der Waals surface area contributed by atoms with Gasteiger partial charge in [-0.25, -0.2) is 0 Å². The van der Waals surface area contributed by atoms with Crippen LogP contribution in [0.15, 0.2) is 41.3 Å². The topological polar surface area (TPSA) is 55.1 Å². The van der Waals surface area contributed by atoms with Gasteiger partial charge < -0.3 is 5.11 Å². The molecule has 76 valence electrons. The fraction of sp³-hybridized carbons (Fsp3) is 0.0909. The van der Waals surface area contributed by atoms with Gasteiger partial charge in [0.1, 0.15) is 0 Å². The Labute approximate surface area is 86.4 Å². The molecule has 4 nitrogen and oxygen atoms in total. The largest absolute Gasteiger partial charge is 0.504 e. The first-order valence-corrected chi connectivity index (χ1v) is 4.51. The van der Waals surface area contributed by atoms with E-state index in [9.17, 15) is 9.90 Å². The Bertz CT molecular complexity index is 546. The zero-order valence-corrected chi connectivity index (χ0v) is 8.21. The van der Waals surface area contributed by atoms with E-state index in [4.69, 9.17) is 0 Å². The molecule has 1 aromatic carbocycles. The first-order chi connectivity index (χ1) is 7.18. The highest BCUT2D eigenvalue weighted by Crippen LogP contribution is 2.22. The molecule has 1 N–H and O–H groups in total. The third-order valence-electron chi connectivity index (χ3n) is 2.10. The third-order valence-corrected chi connectivity index (χ3v) is 2.10. The highest BCUT2D eigenvalue weighted by atomic mass is 16.3. The lowest BCUT2D eigenvalue weighted by Crippen LogP contribution is -1.95. The van der Waals surface area contributed by atoms with Crippen LogP contribution in [0.1, 0.15) is 0 Å². The summed E-state index contributed by atoms with van der Waals surface area (Å²) < 4.78 is 1.62. The van der Waals surface area contributed by atoms with Crippen molar-refractivity contribution >= 4 is 0 Å². The third kappa shape index (κ3) is 1.74. The molecule has 0 unspecified atom stereocenters. The lowest BCUT2D eigenvalue weighted by Gasteiger charge is -1.94. The summed E-state index contributed by atoms with van der Waals surface area (Å²) in [5.74, 6) is -0.265. The van der Waals surface area contributed by atoms with Crippen molar-refractivity contribution in [3.8, 4) is 17.0 Å². The molecule has 0 saturated heterocycles. The second kappa shape index (κ2) is 3.57. The van der Waals surface area contributed by atoms with Crippen LogP contribution in [0.25, 0.3) is 11.3 Å². The average Bonchev–Trinajstić information content (AvgIpc) is 2.56. The second-order valence-corrected chi connectivity index (χ2v) is 3.22. The molecule has 0 radical (unpaired) electrons. The highest BCUT2D eigenvalue weighted by molar-refractivity contribution is 5.65. The van der Waals surface area contributed by atoms with Gasteiger partial charge >= 0.3 is 0 Å². The number of aryl methyl sites for hydroxylation is 1. The lowest BCUT2D eigenvalue weighted by atomic mass is 10.2. The van der Waals surface area contributed by atoms with Gasteiger partial charge in [-0.3, -0.25) is 9.48 Å². The minimum atomic E-state index is -0.402. The first-order valence-electron chi connectivity index (χ1n) is 4.51. The Morgan fingerprint density at radius 2 is 2.00 bits per heavy atom. The number of hydrogen-bond donors (Lipinski definition) is 1. The smallest absolute Gasteiger partial charge is 0.220 e. The number of aromatic nitrogens is 2. The molecule has 0 atom stereocenters. The molecule has 2 rings (SSSR count). The Morgan fingerprint density at radius 1 is 1.27 bits per heavy atom. The van der Waals surface area contributed by atoms with Crippen LogP contribution in [0.2, 0.25) is 0 Å². The van der Waals surface area contributed by atoms with Gasteiger partial charge in [-0.2, -0.15) is 5.10 Å². The fourth-order valence-electron chi connectivity index (χ4n) is 1.35.